The summed E-state index contributed by atoms with van der Waals surface area (Å²) < 4.78 is 5.74. The molecule has 0 spiro atoms. The van der Waals surface area contributed by atoms with E-state index in [0.29, 0.717) is 0 Å². The fourth-order valence-corrected chi connectivity index (χ4v) is 1.80. The summed E-state index contributed by atoms with van der Waals surface area (Å²) in [7, 11) is -1.29. The SMILES string of the molecule is C[Si](C)(C)OCCC1=[C-]CC=C1.[Zr]. The second kappa shape index (κ2) is 6.10. The van der Waals surface area contributed by atoms with Gasteiger partial charge in [0.25, 0.3) is 0 Å². The Bertz CT molecular complexity index is 203. The van der Waals surface area contributed by atoms with Gasteiger partial charge in [-0.25, -0.2) is 11.6 Å². The normalized spacial score (nSPS) is 15.5. The van der Waals surface area contributed by atoms with E-state index in [2.05, 4.69) is 37.9 Å². The van der Waals surface area contributed by atoms with Gasteiger partial charge < -0.3 is 4.43 Å². The van der Waals surface area contributed by atoms with Gasteiger partial charge in [-0.1, -0.05) is 0 Å². The molecule has 1 rings (SSSR count). The maximum Gasteiger partial charge on any atom is 0.183 e. The van der Waals surface area contributed by atoms with Crippen LogP contribution in [0.25, 0.3) is 0 Å². The largest absolute Gasteiger partial charge is 0.417 e. The van der Waals surface area contributed by atoms with Crippen LogP contribution in [0.3, 0.4) is 0 Å². The average Bonchev–Trinajstić information content (AvgIpc) is 2.36. The van der Waals surface area contributed by atoms with Crippen molar-refractivity contribution >= 4 is 8.32 Å². The van der Waals surface area contributed by atoms with Gasteiger partial charge >= 0.3 is 0 Å². The van der Waals surface area contributed by atoms with Crippen LogP contribution in [0, 0.1) is 6.08 Å². The molecule has 1 nitrogen and oxygen atoms in total. The van der Waals surface area contributed by atoms with E-state index >= 15 is 0 Å². The van der Waals surface area contributed by atoms with Gasteiger partial charge in [0, 0.05) is 32.8 Å². The summed E-state index contributed by atoms with van der Waals surface area (Å²) in [6.07, 6.45) is 9.59. The Labute approximate surface area is 102 Å². The quantitative estimate of drug-likeness (QED) is 0.565. The van der Waals surface area contributed by atoms with Crippen LogP contribution < -0.4 is 0 Å². The van der Waals surface area contributed by atoms with E-state index in [4.69, 9.17) is 4.43 Å². The van der Waals surface area contributed by atoms with Crippen LogP contribution in [-0.2, 0) is 30.6 Å². The van der Waals surface area contributed by atoms with E-state index in [0.717, 1.165) is 19.4 Å². The van der Waals surface area contributed by atoms with Crippen LogP contribution in [0.15, 0.2) is 17.7 Å². The Morgan fingerprint density at radius 3 is 2.62 bits per heavy atom. The first-order valence-electron chi connectivity index (χ1n) is 4.48. The van der Waals surface area contributed by atoms with Crippen molar-refractivity contribution in [3.63, 3.8) is 0 Å². The summed E-state index contributed by atoms with van der Waals surface area (Å²) in [6.45, 7) is 7.52. The summed E-state index contributed by atoms with van der Waals surface area (Å²) >= 11 is 0. The maximum absolute atomic E-state index is 5.74. The molecule has 0 aromatic heterocycles. The third-order valence-corrected chi connectivity index (χ3v) is 2.74. The minimum absolute atomic E-state index is 0. The molecule has 0 radical (unpaired) electrons. The Morgan fingerprint density at radius 1 is 1.46 bits per heavy atom. The average molecular weight is 273 g/mol. The maximum atomic E-state index is 5.74. The fourth-order valence-electron chi connectivity index (χ4n) is 1.09. The van der Waals surface area contributed by atoms with Gasteiger partial charge in [-0.05, 0) is 26.1 Å². The van der Waals surface area contributed by atoms with E-state index in [1.165, 1.54) is 5.57 Å². The molecule has 0 bridgehead atoms. The van der Waals surface area contributed by atoms with Crippen molar-refractivity contribution in [2.45, 2.75) is 32.5 Å². The Kier molecular flexibility index (Phi) is 6.36. The third kappa shape index (κ3) is 6.59. The zero-order valence-corrected chi connectivity index (χ0v) is 12.1. The molecule has 0 saturated heterocycles. The number of rotatable bonds is 4. The van der Waals surface area contributed by atoms with Crippen molar-refractivity contribution in [2.24, 2.45) is 0 Å². The predicted octanol–water partition coefficient (Wildman–Crippen LogP) is 2.91. The second-order valence-corrected chi connectivity index (χ2v) is 8.53. The monoisotopic (exact) mass is 271 g/mol. The van der Waals surface area contributed by atoms with Gasteiger partial charge in [0.1, 0.15) is 0 Å². The zero-order chi connectivity index (χ0) is 9.03. The third-order valence-electron chi connectivity index (χ3n) is 1.67. The number of allylic oxidation sites excluding steroid dienone is 3. The topological polar surface area (TPSA) is 9.23 Å². The summed E-state index contributed by atoms with van der Waals surface area (Å²) in [5.41, 5.74) is 1.31. The van der Waals surface area contributed by atoms with E-state index in [-0.39, 0.29) is 26.2 Å². The summed E-state index contributed by atoms with van der Waals surface area (Å²) in [4.78, 5) is 0. The fraction of sp³-hybridized carbons (Fsp3) is 0.600. The second-order valence-electron chi connectivity index (χ2n) is 4.02. The van der Waals surface area contributed by atoms with E-state index in [1.807, 2.05) is 0 Å². The van der Waals surface area contributed by atoms with Crippen molar-refractivity contribution in [3.05, 3.63) is 23.8 Å². The summed E-state index contributed by atoms with van der Waals surface area (Å²) in [5.74, 6) is 0. The minimum Gasteiger partial charge on any atom is -0.417 e. The molecule has 0 aromatic carbocycles. The van der Waals surface area contributed by atoms with Crippen molar-refractivity contribution < 1.29 is 30.6 Å². The molecule has 72 valence electrons. The molecular weight excluding hydrogens is 255 g/mol. The number of hydrogen-bond donors (Lipinski definition) is 0. The molecule has 3 heteroatoms. The van der Waals surface area contributed by atoms with Gasteiger partial charge in [-0.2, -0.15) is 6.08 Å². The molecule has 0 heterocycles. The van der Waals surface area contributed by atoms with Crippen LogP contribution in [0.2, 0.25) is 19.6 Å². The summed E-state index contributed by atoms with van der Waals surface area (Å²) in [5, 5.41) is 0. The predicted molar refractivity (Wildman–Crippen MR) is 54.4 cm³/mol. The zero-order valence-electron chi connectivity index (χ0n) is 8.68. The van der Waals surface area contributed by atoms with Crippen LogP contribution in [0.5, 0.6) is 0 Å². The molecular formula is C10H17OSiZr-. The molecule has 0 fully saturated rings. The van der Waals surface area contributed by atoms with Crippen molar-refractivity contribution in [1.29, 1.82) is 0 Å². The van der Waals surface area contributed by atoms with Crippen LogP contribution in [0.1, 0.15) is 12.8 Å². The first-order valence-corrected chi connectivity index (χ1v) is 7.89. The smallest absolute Gasteiger partial charge is 0.183 e. The first kappa shape index (κ1) is 13.5. The van der Waals surface area contributed by atoms with Crippen LogP contribution in [-0.4, -0.2) is 14.9 Å². The van der Waals surface area contributed by atoms with Gasteiger partial charge in [0.15, 0.2) is 8.32 Å². The molecule has 0 saturated carbocycles. The standard InChI is InChI=1S/C10H17OSi.Zr/c1-12(2,3)11-9-8-10-6-4-5-7-10;/h4,6H,5,8-9H2,1-3H3;/q-1;. The van der Waals surface area contributed by atoms with E-state index < -0.39 is 8.32 Å². The van der Waals surface area contributed by atoms with Crippen LogP contribution in [0.4, 0.5) is 0 Å². The molecule has 1 aliphatic rings. The van der Waals surface area contributed by atoms with E-state index in [1.54, 1.807) is 0 Å². The Balaban J connectivity index is 0.00000144. The Morgan fingerprint density at radius 2 is 2.15 bits per heavy atom. The first-order chi connectivity index (χ1) is 5.58. The molecule has 0 aliphatic heterocycles. The van der Waals surface area contributed by atoms with Gasteiger partial charge in [0.05, 0.1) is 0 Å². The molecule has 13 heavy (non-hydrogen) atoms. The van der Waals surface area contributed by atoms with Gasteiger partial charge in [-0.3, -0.25) is 6.08 Å². The molecule has 0 unspecified atom stereocenters. The van der Waals surface area contributed by atoms with Crippen molar-refractivity contribution in [1.82, 2.24) is 0 Å². The van der Waals surface area contributed by atoms with Gasteiger partial charge in [0.2, 0.25) is 0 Å². The molecule has 0 N–H and O–H groups in total. The molecule has 0 atom stereocenters. The summed E-state index contributed by atoms with van der Waals surface area (Å²) in [6, 6.07) is 0. The molecule has 0 amide bonds. The van der Waals surface area contributed by atoms with Crippen molar-refractivity contribution in [2.75, 3.05) is 6.61 Å². The van der Waals surface area contributed by atoms with Crippen molar-refractivity contribution in [3.8, 4) is 0 Å². The molecule has 0 aromatic rings. The van der Waals surface area contributed by atoms with E-state index in [9.17, 15) is 0 Å². The number of hydrogen-bond acceptors (Lipinski definition) is 1. The minimum atomic E-state index is -1.29. The molecule has 1 aliphatic carbocycles. The van der Waals surface area contributed by atoms with Crippen LogP contribution >= 0.6 is 0 Å². The van der Waals surface area contributed by atoms with Gasteiger partial charge in [-0.15, -0.1) is 6.42 Å². The Hall–Kier alpha value is 0.540.